The van der Waals surface area contributed by atoms with Crippen LogP contribution in [0.4, 0.5) is 0 Å². The number of benzene rings is 1. The molecule has 0 fully saturated rings. The second kappa shape index (κ2) is 5.45. The summed E-state index contributed by atoms with van der Waals surface area (Å²) in [6, 6.07) is 8.10. The molecule has 1 heterocycles. The SMILES string of the molecule is Cc1cccc(C(N)Cn2ccn(C(C)C)c2=O)c1. The monoisotopic (exact) mass is 259 g/mol. The Morgan fingerprint density at radius 2 is 2.00 bits per heavy atom. The van der Waals surface area contributed by atoms with E-state index in [4.69, 9.17) is 5.73 Å². The maximum absolute atomic E-state index is 12.1. The van der Waals surface area contributed by atoms with Crippen molar-refractivity contribution >= 4 is 0 Å². The number of hydrogen-bond acceptors (Lipinski definition) is 2. The maximum Gasteiger partial charge on any atom is 0.328 e. The molecule has 1 unspecified atom stereocenters. The third kappa shape index (κ3) is 2.96. The molecule has 0 amide bonds. The zero-order valence-corrected chi connectivity index (χ0v) is 11.7. The van der Waals surface area contributed by atoms with Gasteiger partial charge in [-0.1, -0.05) is 29.8 Å². The van der Waals surface area contributed by atoms with Gasteiger partial charge in [-0.25, -0.2) is 4.79 Å². The molecule has 2 rings (SSSR count). The minimum Gasteiger partial charge on any atom is -0.322 e. The van der Waals surface area contributed by atoms with Crippen LogP contribution in [-0.4, -0.2) is 9.13 Å². The fourth-order valence-electron chi connectivity index (χ4n) is 2.18. The standard InChI is InChI=1S/C15H21N3O/c1-11(2)18-8-7-17(15(18)19)10-14(16)13-6-4-5-12(3)9-13/h4-9,11,14H,10,16H2,1-3H3. The zero-order valence-electron chi connectivity index (χ0n) is 11.7. The molecule has 1 aromatic heterocycles. The van der Waals surface area contributed by atoms with Crippen LogP contribution in [0, 0.1) is 6.92 Å². The van der Waals surface area contributed by atoms with Gasteiger partial charge in [0.2, 0.25) is 0 Å². The lowest BCUT2D eigenvalue weighted by Gasteiger charge is -2.13. The van der Waals surface area contributed by atoms with Crippen LogP contribution in [-0.2, 0) is 6.54 Å². The fraction of sp³-hybridized carbons (Fsp3) is 0.400. The smallest absolute Gasteiger partial charge is 0.322 e. The van der Waals surface area contributed by atoms with Crippen molar-refractivity contribution in [2.45, 2.75) is 39.4 Å². The van der Waals surface area contributed by atoms with E-state index in [1.807, 2.05) is 45.2 Å². The Bertz CT molecular complexity index is 610. The molecule has 0 saturated heterocycles. The predicted octanol–water partition coefficient (Wildman–Crippen LogP) is 2.24. The molecule has 0 bridgehead atoms. The first-order valence-corrected chi connectivity index (χ1v) is 6.58. The second-order valence-corrected chi connectivity index (χ2v) is 5.25. The van der Waals surface area contributed by atoms with Crippen molar-refractivity contribution in [2.75, 3.05) is 0 Å². The van der Waals surface area contributed by atoms with Crippen molar-refractivity contribution in [1.29, 1.82) is 0 Å². The minimum atomic E-state index is -0.166. The molecule has 1 aromatic carbocycles. The first-order valence-electron chi connectivity index (χ1n) is 6.58. The highest BCUT2D eigenvalue weighted by Gasteiger charge is 2.11. The summed E-state index contributed by atoms with van der Waals surface area (Å²) < 4.78 is 3.38. The largest absolute Gasteiger partial charge is 0.328 e. The lowest BCUT2D eigenvalue weighted by Crippen LogP contribution is -2.29. The van der Waals surface area contributed by atoms with E-state index in [1.165, 1.54) is 5.56 Å². The van der Waals surface area contributed by atoms with Gasteiger partial charge < -0.3 is 5.73 Å². The molecule has 0 aliphatic carbocycles. The predicted molar refractivity (Wildman–Crippen MR) is 77.2 cm³/mol. The highest BCUT2D eigenvalue weighted by atomic mass is 16.1. The topological polar surface area (TPSA) is 52.9 Å². The van der Waals surface area contributed by atoms with E-state index in [0.29, 0.717) is 6.54 Å². The van der Waals surface area contributed by atoms with Crippen LogP contribution in [0.1, 0.15) is 37.1 Å². The Labute approximate surface area is 113 Å². The highest BCUT2D eigenvalue weighted by molar-refractivity contribution is 5.24. The number of rotatable bonds is 4. The molecule has 0 aliphatic rings. The number of imidazole rings is 1. The van der Waals surface area contributed by atoms with Crippen LogP contribution in [0.3, 0.4) is 0 Å². The lowest BCUT2D eigenvalue weighted by atomic mass is 10.1. The van der Waals surface area contributed by atoms with Gasteiger partial charge in [0.15, 0.2) is 0 Å². The summed E-state index contributed by atoms with van der Waals surface area (Å²) in [4.78, 5) is 12.1. The van der Waals surface area contributed by atoms with Gasteiger partial charge in [0.1, 0.15) is 0 Å². The third-order valence-corrected chi connectivity index (χ3v) is 3.29. The summed E-state index contributed by atoms with van der Waals surface area (Å²) >= 11 is 0. The molecule has 4 nitrogen and oxygen atoms in total. The van der Waals surface area contributed by atoms with Crippen LogP contribution in [0.15, 0.2) is 41.5 Å². The van der Waals surface area contributed by atoms with Crippen LogP contribution >= 0.6 is 0 Å². The van der Waals surface area contributed by atoms with Crippen LogP contribution in [0.25, 0.3) is 0 Å². The molecular formula is C15H21N3O. The Hall–Kier alpha value is -1.81. The Morgan fingerprint density at radius 1 is 1.26 bits per heavy atom. The van der Waals surface area contributed by atoms with Gasteiger partial charge in [-0.15, -0.1) is 0 Å². The van der Waals surface area contributed by atoms with Crippen LogP contribution in [0.5, 0.6) is 0 Å². The summed E-state index contributed by atoms with van der Waals surface area (Å²) in [6.07, 6.45) is 3.62. The highest BCUT2D eigenvalue weighted by Crippen LogP contribution is 2.13. The molecule has 102 valence electrons. The van der Waals surface area contributed by atoms with E-state index in [0.717, 1.165) is 5.56 Å². The van der Waals surface area contributed by atoms with Crippen molar-refractivity contribution in [3.8, 4) is 0 Å². The van der Waals surface area contributed by atoms with Crippen LogP contribution < -0.4 is 11.4 Å². The van der Waals surface area contributed by atoms with Gasteiger partial charge in [-0.2, -0.15) is 0 Å². The van der Waals surface area contributed by atoms with E-state index in [1.54, 1.807) is 15.3 Å². The summed E-state index contributed by atoms with van der Waals surface area (Å²) in [5, 5.41) is 0. The molecule has 0 radical (unpaired) electrons. The van der Waals surface area contributed by atoms with Crippen molar-refractivity contribution < 1.29 is 0 Å². The molecule has 0 aliphatic heterocycles. The fourth-order valence-corrected chi connectivity index (χ4v) is 2.18. The Morgan fingerprint density at radius 3 is 2.58 bits per heavy atom. The molecule has 2 N–H and O–H groups in total. The summed E-state index contributed by atoms with van der Waals surface area (Å²) in [7, 11) is 0. The van der Waals surface area contributed by atoms with Gasteiger partial charge in [0, 0.05) is 31.0 Å². The zero-order chi connectivity index (χ0) is 14.0. The molecule has 4 heteroatoms. The number of aryl methyl sites for hydroxylation is 1. The number of nitrogens with zero attached hydrogens (tertiary/aromatic N) is 2. The average Bonchev–Trinajstić information content (AvgIpc) is 2.71. The molecular weight excluding hydrogens is 238 g/mol. The first kappa shape index (κ1) is 13.6. The van der Waals surface area contributed by atoms with Gasteiger partial charge in [-0.3, -0.25) is 9.13 Å². The Kier molecular flexibility index (Phi) is 3.90. The molecule has 19 heavy (non-hydrogen) atoms. The lowest BCUT2D eigenvalue weighted by molar-refractivity contribution is 0.520. The van der Waals surface area contributed by atoms with Crippen molar-refractivity contribution in [2.24, 2.45) is 5.73 Å². The van der Waals surface area contributed by atoms with E-state index < -0.39 is 0 Å². The first-order chi connectivity index (χ1) is 8.99. The van der Waals surface area contributed by atoms with Crippen molar-refractivity contribution in [3.63, 3.8) is 0 Å². The maximum atomic E-state index is 12.1. The summed E-state index contributed by atoms with van der Waals surface area (Å²) in [6.45, 7) is 6.53. The van der Waals surface area contributed by atoms with Crippen LogP contribution in [0.2, 0.25) is 0 Å². The third-order valence-electron chi connectivity index (χ3n) is 3.29. The quantitative estimate of drug-likeness (QED) is 0.915. The van der Waals surface area contributed by atoms with Gasteiger partial charge in [-0.05, 0) is 26.3 Å². The van der Waals surface area contributed by atoms with Crippen molar-refractivity contribution in [3.05, 3.63) is 58.3 Å². The second-order valence-electron chi connectivity index (χ2n) is 5.25. The number of hydrogen-bond donors (Lipinski definition) is 1. The van der Waals surface area contributed by atoms with Gasteiger partial charge in [0.25, 0.3) is 0 Å². The average molecular weight is 259 g/mol. The van der Waals surface area contributed by atoms with Gasteiger partial charge in [0.05, 0.1) is 0 Å². The van der Waals surface area contributed by atoms with E-state index in [-0.39, 0.29) is 17.8 Å². The number of nitrogens with two attached hydrogens (primary N) is 1. The minimum absolute atomic E-state index is 0.00176. The van der Waals surface area contributed by atoms with E-state index in [2.05, 4.69) is 6.07 Å². The van der Waals surface area contributed by atoms with Crippen molar-refractivity contribution in [1.82, 2.24) is 9.13 Å². The normalized spacial score (nSPS) is 12.9. The molecule has 2 aromatic rings. The van der Waals surface area contributed by atoms with E-state index >= 15 is 0 Å². The molecule has 0 spiro atoms. The number of aromatic nitrogens is 2. The summed E-state index contributed by atoms with van der Waals surface area (Å²) in [5.41, 5.74) is 8.42. The van der Waals surface area contributed by atoms with Gasteiger partial charge >= 0.3 is 5.69 Å². The molecule has 0 saturated carbocycles. The summed E-state index contributed by atoms with van der Waals surface area (Å²) in [5.74, 6) is 0. The van der Waals surface area contributed by atoms with E-state index in [9.17, 15) is 4.79 Å². The Balaban J connectivity index is 2.20. The molecule has 1 atom stereocenters.